The summed E-state index contributed by atoms with van der Waals surface area (Å²) in [7, 11) is 0. The Morgan fingerprint density at radius 3 is 2.92 bits per heavy atom. The Hall–Kier alpha value is -2.34. The van der Waals surface area contributed by atoms with E-state index >= 15 is 0 Å². The standard InChI is InChI=1S/C19H23FN4O/c1-13-22-16(10-18(23-13)19(21)25)9-14-5-4-8-24(11-14)12-15-6-2-3-7-17(15)20/h2-3,6-7,10,14H,4-5,8-9,11-12H2,1H3,(H2,21,25)/t14-/m1/s1. The number of carbonyl (C=O) groups is 1. The maximum absolute atomic E-state index is 13.9. The SMILES string of the molecule is Cc1nc(C[C@H]2CCCN(Cc3ccccc3F)C2)cc(C(N)=O)n1. The van der Waals surface area contributed by atoms with E-state index in [9.17, 15) is 9.18 Å². The lowest BCUT2D eigenvalue weighted by Crippen LogP contribution is -2.36. The Balaban J connectivity index is 1.66. The van der Waals surface area contributed by atoms with Gasteiger partial charge in [0.2, 0.25) is 0 Å². The van der Waals surface area contributed by atoms with Crippen LogP contribution in [-0.2, 0) is 13.0 Å². The molecule has 1 aromatic carbocycles. The predicted octanol–water partition coefficient (Wildman–Crippen LogP) is 2.48. The lowest BCUT2D eigenvalue weighted by Gasteiger charge is -2.32. The number of piperidine rings is 1. The van der Waals surface area contributed by atoms with Crippen molar-refractivity contribution in [1.29, 1.82) is 0 Å². The quantitative estimate of drug-likeness (QED) is 0.906. The zero-order valence-corrected chi connectivity index (χ0v) is 14.4. The molecule has 5 nitrogen and oxygen atoms in total. The number of hydrogen-bond acceptors (Lipinski definition) is 4. The second kappa shape index (κ2) is 7.70. The molecule has 0 saturated carbocycles. The molecular formula is C19H23FN4O. The molecule has 2 heterocycles. The maximum atomic E-state index is 13.9. The van der Waals surface area contributed by atoms with Crippen molar-refractivity contribution in [3.63, 3.8) is 0 Å². The number of likely N-dealkylation sites (tertiary alicyclic amines) is 1. The molecule has 1 aromatic heterocycles. The predicted molar refractivity (Wildman–Crippen MR) is 93.4 cm³/mol. The molecule has 0 unspecified atom stereocenters. The first-order valence-electron chi connectivity index (χ1n) is 8.61. The Labute approximate surface area is 147 Å². The van der Waals surface area contributed by atoms with Gasteiger partial charge in [-0.2, -0.15) is 0 Å². The normalized spacial score (nSPS) is 18.2. The smallest absolute Gasteiger partial charge is 0.267 e. The Morgan fingerprint density at radius 2 is 2.16 bits per heavy atom. The van der Waals surface area contributed by atoms with Crippen LogP contribution in [0.3, 0.4) is 0 Å². The van der Waals surface area contributed by atoms with Crippen LogP contribution >= 0.6 is 0 Å². The summed E-state index contributed by atoms with van der Waals surface area (Å²) in [6.07, 6.45) is 2.95. The van der Waals surface area contributed by atoms with Crippen LogP contribution in [0.15, 0.2) is 30.3 Å². The third kappa shape index (κ3) is 4.60. The number of benzene rings is 1. The van der Waals surface area contributed by atoms with Crippen LogP contribution in [0.4, 0.5) is 4.39 Å². The summed E-state index contributed by atoms with van der Waals surface area (Å²) in [4.78, 5) is 22.2. The molecule has 1 saturated heterocycles. The molecule has 1 aliphatic heterocycles. The van der Waals surface area contributed by atoms with Gasteiger partial charge < -0.3 is 5.73 Å². The van der Waals surface area contributed by atoms with Gasteiger partial charge in [0, 0.05) is 24.3 Å². The minimum absolute atomic E-state index is 0.151. The molecule has 2 aromatic rings. The Bertz CT molecular complexity index is 765. The number of hydrogen-bond donors (Lipinski definition) is 1. The van der Waals surface area contributed by atoms with Gasteiger partial charge in [-0.25, -0.2) is 14.4 Å². The van der Waals surface area contributed by atoms with E-state index in [0.29, 0.717) is 18.3 Å². The van der Waals surface area contributed by atoms with Crippen LogP contribution in [-0.4, -0.2) is 33.9 Å². The van der Waals surface area contributed by atoms with Crippen molar-refractivity contribution >= 4 is 5.91 Å². The van der Waals surface area contributed by atoms with E-state index < -0.39 is 5.91 Å². The lowest BCUT2D eigenvalue weighted by atomic mass is 9.92. The van der Waals surface area contributed by atoms with Gasteiger partial charge in [-0.05, 0) is 50.8 Å². The van der Waals surface area contributed by atoms with Gasteiger partial charge in [0.05, 0.1) is 0 Å². The van der Waals surface area contributed by atoms with Crippen molar-refractivity contribution in [2.75, 3.05) is 13.1 Å². The summed E-state index contributed by atoms with van der Waals surface area (Å²) >= 11 is 0. The Kier molecular flexibility index (Phi) is 5.38. The summed E-state index contributed by atoms with van der Waals surface area (Å²) in [6, 6.07) is 8.61. The second-order valence-corrected chi connectivity index (χ2v) is 6.69. The number of nitrogens with two attached hydrogens (primary N) is 1. The van der Waals surface area contributed by atoms with E-state index in [4.69, 9.17) is 5.73 Å². The number of primary amides is 1. The number of aromatic nitrogens is 2. The summed E-state index contributed by atoms with van der Waals surface area (Å²) < 4.78 is 13.9. The molecule has 2 N–H and O–H groups in total. The largest absolute Gasteiger partial charge is 0.364 e. The van der Waals surface area contributed by atoms with Gasteiger partial charge in [-0.1, -0.05) is 18.2 Å². The van der Waals surface area contributed by atoms with Crippen LogP contribution < -0.4 is 5.73 Å². The number of aryl methyl sites for hydroxylation is 1. The number of amides is 1. The van der Waals surface area contributed by atoms with E-state index in [-0.39, 0.29) is 11.5 Å². The summed E-state index contributed by atoms with van der Waals surface area (Å²) in [6.45, 7) is 4.25. The van der Waals surface area contributed by atoms with Crippen LogP contribution in [0, 0.1) is 18.7 Å². The van der Waals surface area contributed by atoms with Crippen molar-refractivity contribution in [1.82, 2.24) is 14.9 Å². The summed E-state index contributed by atoms with van der Waals surface area (Å²) in [5, 5.41) is 0. The maximum Gasteiger partial charge on any atom is 0.267 e. The second-order valence-electron chi connectivity index (χ2n) is 6.69. The van der Waals surface area contributed by atoms with E-state index in [0.717, 1.165) is 43.6 Å². The number of nitrogens with zero attached hydrogens (tertiary/aromatic N) is 3. The van der Waals surface area contributed by atoms with Crippen molar-refractivity contribution in [3.8, 4) is 0 Å². The van der Waals surface area contributed by atoms with Gasteiger partial charge in [0.15, 0.2) is 0 Å². The van der Waals surface area contributed by atoms with E-state index in [1.807, 2.05) is 12.1 Å². The number of rotatable bonds is 5. The van der Waals surface area contributed by atoms with Gasteiger partial charge in [0.1, 0.15) is 17.3 Å². The molecule has 1 fully saturated rings. The molecular weight excluding hydrogens is 319 g/mol. The fraction of sp³-hybridized carbons (Fsp3) is 0.421. The first-order chi connectivity index (χ1) is 12.0. The highest BCUT2D eigenvalue weighted by Crippen LogP contribution is 2.22. The van der Waals surface area contributed by atoms with Gasteiger partial charge >= 0.3 is 0 Å². The highest BCUT2D eigenvalue weighted by Gasteiger charge is 2.22. The van der Waals surface area contributed by atoms with Crippen molar-refractivity contribution in [2.45, 2.75) is 32.7 Å². The topological polar surface area (TPSA) is 72.1 Å². The zero-order chi connectivity index (χ0) is 17.8. The fourth-order valence-electron chi connectivity index (χ4n) is 3.49. The molecule has 0 aliphatic carbocycles. The molecule has 6 heteroatoms. The molecule has 0 bridgehead atoms. The minimum atomic E-state index is -0.531. The number of carbonyl (C=O) groups excluding carboxylic acids is 1. The van der Waals surface area contributed by atoms with Crippen LogP contribution in [0.2, 0.25) is 0 Å². The average molecular weight is 342 g/mol. The van der Waals surface area contributed by atoms with Crippen molar-refractivity contribution < 1.29 is 9.18 Å². The summed E-state index contributed by atoms with van der Waals surface area (Å²) in [5.41, 5.74) is 7.18. The van der Waals surface area contributed by atoms with Crippen LogP contribution in [0.5, 0.6) is 0 Å². The molecule has 132 valence electrons. The monoisotopic (exact) mass is 342 g/mol. The third-order valence-electron chi connectivity index (χ3n) is 4.60. The molecule has 1 amide bonds. The molecule has 0 radical (unpaired) electrons. The van der Waals surface area contributed by atoms with E-state index in [2.05, 4.69) is 14.9 Å². The molecule has 25 heavy (non-hydrogen) atoms. The average Bonchev–Trinajstić information content (AvgIpc) is 2.57. The van der Waals surface area contributed by atoms with Gasteiger partial charge in [-0.3, -0.25) is 9.69 Å². The van der Waals surface area contributed by atoms with E-state index in [1.165, 1.54) is 6.07 Å². The molecule has 3 rings (SSSR count). The number of halogens is 1. The molecule has 0 spiro atoms. The minimum Gasteiger partial charge on any atom is -0.364 e. The van der Waals surface area contributed by atoms with E-state index in [1.54, 1.807) is 19.1 Å². The van der Waals surface area contributed by atoms with Crippen LogP contribution in [0.25, 0.3) is 0 Å². The molecule has 1 atom stereocenters. The molecule has 1 aliphatic rings. The van der Waals surface area contributed by atoms with Gasteiger partial charge in [-0.15, -0.1) is 0 Å². The lowest BCUT2D eigenvalue weighted by molar-refractivity contribution is 0.0995. The fourth-order valence-corrected chi connectivity index (χ4v) is 3.49. The van der Waals surface area contributed by atoms with Crippen molar-refractivity contribution in [3.05, 3.63) is 58.9 Å². The third-order valence-corrected chi connectivity index (χ3v) is 4.60. The highest BCUT2D eigenvalue weighted by atomic mass is 19.1. The van der Waals surface area contributed by atoms with Crippen LogP contribution in [0.1, 0.15) is 40.4 Å². The van der Waals surface area contributed by atoms with Crippen molar-refractivity contribution in [2.24, 2.45) is 11.7 Å². The summed E-state index contributed by atoms with van der Waals surface area (Å²) in [5.74, 6) is 0.305. The zero-order valence-electron chi connectivity index (χ0n) is 14.4. The first kappa shape index (κ1) is 17.5. The highest BCUT2D eigenvalue weighted by molar-refractivity contribution is 5.90. The van der Waals surface area contributed by atoms with Gasteiger partial charge in [0.25, 0.3) is 5.91 Å². The first-order valence-corrected chi connectivity index (χ1v) is 8.61. The Morgan fingerprint density at radius 1 is 1.36 bits per heavy atom.